The normalized spacial score (nSPS) is 18.4. The van der Waals surface area contributed by atoms with Gasteiger partial charge in [0.25, 0.3) is 0 Å². The minimum atomic E-state index is 0.186. The van der Waals surface area contributed by atoms with Gasteiger partial charge in [0, 0.05) is 37.8 Å². The minimum Gasteiger partial charge on any atom is -0.343 e. The molecule has 0 aromatic carbocycles. The molecule has 0 radical (unpaired) electrons. The van der Waals surface area contributed by atoms with Crippen LogP contribution in [0.3, 0.4) is 0 Å². The van der Waals surface area contributed by atoms with E-state index < -0.39 is 0 Å². The van der Waals surface area contributed by atoms with E-state index in [4.69, 9.17) is 0 Å². The summed E-state index contributed by atoms with van der Waals surface area (Å²) in [6.45, 7) is 3.42. The molecule has 4 nitrogen and oxygen atoms in total. The van der Waals surface area contributed by atoms with Gasteiger partial charge in [0.15, 0.2) is 0 Å². The number of nitrogens with zero attached hydrogens (tertiary/aromatic N) is 3. The molecule has 0 saturated carbocycles. The molecule has 104 valence electrons. The summed E-state index contributed by atoms with van der Waals surface area (Å²) in [5.74, 6) is 0.746. The molecule has 2 aromatic heterocycles. The van der Waals surface area contributed by atoms with E-state index in [-0.39, 0.29) is 5.91 Å². The van der Waals surface area contributed by atoms with Crippen molar-refractivity contribution in [2.75, 3.05) is 13.1 Å². The SMILES string of the molecule is CC(=O)N1CC[C@H](Cc2ccnc(-c3nccs3)c2)C1. The second-order valence-corrected chi connectivity index (χ2v) is 6.11. The Morgan fingerprint density at radius 1 is 1.45 bits per heavy atom. The topological polar surface area (TPSA) is 46.1 Å². The molecule has 0 spiro atoms. The van der Waals surface area contributed by atoms with Crippen molar-refractivity contribution in [1.29, 1.82) is 0 Å². The van der Waals surface area contributed by atoms with Gasteiger partial charge in [-0.2, -0.15) is 0 Å². The monoisotopic (exact) mass is 287 g/mol. The van der Waals surface area contributed by atoms with Crippen molar-refractivity contribution >= 4 is 17.2 Å². The maximum absolute atomic E-state index is 11.4. The summed E-state index contributed by atoms with van der Waals surface area (Å²) in [4.78, 5) is 22.0. The first-order chi connectivity index (χ1) is 9.72. The largest absolute Gasteiger partial charge is 0.343 e. The van der Waals surface area contributed by atoms with Crippen LogP contribution >= 0.6 is 11.3 Å². The molecule has 1 amide bonds. The molecule has 1 aliphatic rings. The quantitative estimate of drug-likeness (QED) is 0.871. The van der Waals surface area contributed by atoms with Gasteiger partial charge in [0.2, 0.25) is 5.91 Å². The molecule has 1 fully saturated rings. The van der Waals surface area contributed by atoms with Crippen molar-refractivity contribution in [3.63, 3.8) is 0 Å². The van der Waals surface area contributed by atoms with Crippen LogP contribution in [0.2, 0.25) is 0 Å². The van der Waals surface area contributed by atoms with Crippen molar-refractivity contribution in [1.82, 2.24) is 14.9 Å². The summed E-state index contributed by atoms with van der Waals surface area (Å²) in [6, 6.07) is 4.18. The van der Waals surface area contributed by atoms with E-state index in [0.29, 0.717) is 5.92 Å². The van der Waals surface area contributed by atoms with Gasteiger partial charge < -0.3 is 4.90 Å². The highest BCUT2D eigenvalue weighted by molar-refractivity contribution is 7.13. The van der Waals surface area contributed by atoms with Crippen LogP contribution in [0.25, 0.3) is 10.7 Å². The molecular formula is C15H17N3OS. The molecule has 1 saturated heterocycles. The number of thiazole rings is 1. The third-order valence-corrected chi connectivity index (χ3v) is 4.53. The molecule has 20 heavy (non-hydrogen) atoms. The van der Waals surface area contributed by atoms with Gasteiger partial charge in [-0.1, -0.05) is 0 Å². The lowest BCUT2D eigenvalue weighted by Gasteiger charge is -2.14. The Kier molecular flexibility index (Phi) is 3.78. The van der Waals surface area contributed by atoms with E-state index in [1.165, 1.54) is 5.56 Å². The van der Waals surface area contributed by atoms with E-state index >= 15 is 0 Å². The summed E-state index contributed by atoms with van der Waals surface area (Å²) in [5, 5.41) is 2.93. The van der Waals surface area contributed by atoms with Crippen LogP contribution in [-0.4, -0.2) is 33.9 Å². The third-order valence-electron chi connectivity index (χ3n) is 3.73. The van der Waals surface area contributed by atoms with Crippen LogP contribution in [0, 0.1) is 5.92 Å². The zero-order chi connectivity index (χ0) is 13.9. The first-order valence-corrected chi connectivity index (χ1v) is 7.70. The number of pyridine rings is 1. The maximum Gasteiger partial charge on any atom is 0.219 e. The lowest BCUT2D eigenvalue weighted by atomic mass is 9.99. The van der Waals surface area contributed by atoms with Crippen molar-refractivity contribution in [3.8, 4) is 10.7 Å². The fraction of sp³-hybridized carbons (Fsp3) is 0.400. The number of hydrogen-bond acceptors (Lipinski definition) is 4. The Labute approximate surface area is 122 Å². The highest BCUT2D eigenvalue weighted by Crippen LogP contribution is 2.24. The number of likely N-dealkylation sites (tertiary alicyclic amines) is 1. The van der Waals surface area contributed by atoms with Crippen molar-refractivity contribution < 1.29 is 4.79 Å². The highest BCUT2D eigenvalue weighted by Gasteiger charge is 2.24. The Hall–Kier alpha value is -1.75. The van der Waals surface area contributed by atoms with Crippen LogP contribution in [0.4, 0.5) is 0 Å². The molecule has 1 atom stereocenters. The van der Waals surface area contributed by atoms with Crippen molar-refractivity contribution in [2.45, 2.75) is 19.8 Å². The number of carbonyl (C=O) groups is 1. The maximum atomic E-state index is 11.4. The van der Waals surface area contributed by atoms with Crippen LogP contribution in [0.1, 0.15) is 18.9 Å². The highest BCUT2D eigenvalue weighted by atomic mass is 32.1. The number of carbonyl (C=O) groups excluding carboxylic acids is 1. The molecule has 0 N–H and O–H groups in total. The number of amides is 1. The molecule has 3 heterocycles. The molecule has 2 aromatic rings. The van der Waals surface area contributed by atoms with E-state index in [0.717, 1.165) is 36.6 Å². The molecular weight excluding hydrogens is 270 g/mol. The average Bonchev–Trinajstić information content (AvgIpc) is 3.10. The lowest BCUT2D eigenvalue weighted by molar-refractivity contribution is -0.127. The Balaban J connectivity index is 1.70. The summed E-state index contributed by atoms with van der Waals surface area (Å²) in [7, 11) is 0. The lowest BCUT2D eigenvalue weighted by Crippen LogP contribution is -2.26. The Bertz CT molecular complexity index is 597. The zero-order valence-electron chi connectivity index (χ0n) is 11.5. The average molecular weight is 287 g/mol. The van der Waals surface area contributed by atoms with Gasteiger partial charge >= 0.3 is 0 Å². The summed E-state index contributed by atoms with van der Waals surface area (Å²) < 4.78 is 0. The van der Waals surface area contributed by atoms with E-state index in [9.17, 15) is 4.79 Å². The van der Waals surface area contributed by atoms with E-state index in [2.05, 4.69) is 22.1 Å². The second kappa shape index (κ2) is 5.71. The Morgan fingerprint density at radius 2 is 2.35 bits per heavy atom. The van der Waals surface area contributed by atoms with E-state index in [1.54, 1.807) is 24.5 Å². The molecule has 3 rings (SSSR count). The van der Waals surface area contributed by atoms with Gasteiger partial charge in [-0.05, 0) is 36.5 Å². The smallest absolute Gasteiger partial charge is 0.219 e. The van der Waals surface area contributed by atoms with Gasteiger partial charge in [0.05, 0.1) is 5.69 Å². The Morgan fingerprint density at radius 3 is 3.05 bits per heavy atom. The first kappa shape index (κ1) is 13.2. The summed E-state index contributed by atoms with van der Waals surface area (Å²) >= 11 is 1.61. The number of hydrogen-bond donors (Lipinski definition) is 0. The minimum absolute atomic E-state index is 0.186. The number of aromatic nitrogens is 2. The first-order valence-electron chi connectivity index (χ1n) is 6.82. The van der Waals surface area contributed by atoms with Crippen LogP contribution < -0.4 is 0 Å². The fourth-order valence-electron chi connectivity index (χ4n) is 2.69. The molecule has 5 heteroatoms. The molecule has 0 unspecified atom stereocenters. The van der Waals surface area contributed by atoms with Gasteiger partial charge in [-0.15, -0.1) is 11.3 Å². The standard InChI is InChI=1S/C15H17N3OS/c1-11(19)18-6-3-13(10-18)8-12-2-4-16-14(9-12)15-17-5-7-20-15/h2,4-5,7,9,13H,3,6,8,10H2,1H3/t13-/m1/s1. The third kappa shape index (κ3) is 2.88. The predicted molar refractivity (Wildman–Crippen MR) is 79.4 cm³/mol. The molecule has 0 bridgehead atoms. The van der Waals surface area contributed by atoms with Crippen LogP contribution in [0.15, 0.2) is 29.9 Å². The van der Waals surface area contributed by atoms with Gasteiger partial charge in [-0.25, -0.2) is 4.98 Å². The van der Waals surface area contributed by atoms with E-state index in [1.807, 2.05) is 16.5 Å². The van der Waals surface area contributed by atoms with Crippen LogP contribution in [0.5, 0.6) is 0 Å². The van der Waals surface area contributed by atoms with Crippen LogP contribution in [-0.2, 0) is 11.2 Å². The molecule has 0 aliphatic carbocycles. The summed E-state index contributed by atoms with van der Waals surface area (Å²) in [6.07, 6.45) is 5.75. The zero-order valence-corrected chi connectivity index (χ0v) is 12.3. The fourth-order valence-corrected chi connectivity index (χ4v) is 3.29. The van der Waals surface area contributed by atoms with Crippen molar-refractivity contribution in [2.24, 2.45) is 5.92 Å². The second-order valence-electron chi connectivity index (χ2n) is 5.21. The number of rotatable bonds is 3. The van der Waals surface area contributed by atoms with Crippen molar-refractivity contribution in [3.05, 3.63) is 35.5 Å². The summed E-state index contributed by atoms with van der Waals surface area (Å²) in [5.41, 5.74) is 2.22. The van der Waals surface area contributed by atoms with Gasteiger partial charge in [-0.3, -0.25) is 9.78 Å². The molecule has 1 aliphatic heterocycles. The van der Waals surface area contributed by atoms with Gasteiger partial charge in [0.1, 0.15) is 5.01 Å². The predicted octanol–water partition coefficient (Wildman–Crippen LogP) is 2.62.